The molecule has 0 atom stereocenters. The van der Waals surface area contributed by atoms with Crippen molar-refractivity contribution in [1.82, 2.24) is 15.6 Å². The van der Waals surface area contributed by atoms with E-state index >= 15 is 0 Å². The Hall–Kier alpha value is -3.01. The predicted molar refractivity (Wildman–Crippen MR) is 113 cm³/mol. The number of hydrogen-bond donors (Lipinski definition) is 3. The number of urea groups is 1. The van der Waals surface area contributed by atoms with Crippen LogP contribution in [0.4, 0.5) is 23.7 Å². The Morgan fingerprint density at radius 3 is 2.44 bits per heavy atom. The van der Waals surface area contributed by atoms with Crippen LogP contribution in [0, 0.1) is 0 Å². The zero-order valence-electron chi connectivity index (χ0n) is 17.1. The number of halogens is 4. The van der Waals surface area contributed by atoms with Gasteiger partial charge < -0.3 is 20.7 Å². The Morgan fingerprint density at radius 1 is 1.12 bits per heavy atom. The SMILES string of the molecule is CNC(=O)c1ccc(OC2CCC(NC(=O)Nc3ccc(Cl)c(C(F)(F)F)c3)CC2)cn1. The van der Waals surface area contributed by atoms with Gasteiger partial charge in [0.25, 0.3) is 5.91 Å². The number of carbonyl (C=O) groups excluding carboxylic acids is 2. The number of benzene rings is 1. The second kappa shape index (κ2) is 10.1. The molecular formula is C21H22ClF3N4O3. The molecule has 0 unspecified atom stereocenters. The van der Waals surface area contributed by atoms with Gasteiger partial charge in [-0.15, -0.1) is 0 Å². The summed E-state index contributed by atoms with van der Waals surface area (Å²) in [6.07, 6.45) is -0.518. The fourth-order valence-electron chi connectivity index (χ4n) is 3.40. The van der Waals surface area contributed by atoms with Crippen LogP contribution in [0.1, 0.15) is 41.7 Å². The Labute approximate surface area is 187 Å². The number of nitrogens with zero attached hydrogens (tertiary/aromatic N) is 1. The molecule has 3 amide bonds. The maximum Gasteiger partial charge on any atom is 0.417 e. The smallest absolute Gasteiger partial charge is 0.417 e. The highest BCUT2D eigenvalue weighted by Gasteiger charge is 2.33. The molecule has 1 saturated carbocycles. The van der Waals surface area contributed by atoms with Gasteiger partial charge in [0.2, 0.25) is 0 Å². The van der Waals surface area contributed by atoms with E-state index < -0.39 is 22.8 Å². The highest BCUT2D eigenvalue weighted by molar-refractivity contribution is 6.31. The van der Waals surface area contributed by atoms with Gasteiger partial charge in [-0.05, 0) is 56.0 Å². The van der Waals surface area contributed by atoms with Crippen LogP contribution >= 0.6 is 11.6 Å². The standard InChI is InChI=1S/C21H22ClF3N4O3/c1-26-19(30)18-9-7-15(11-27-18)32-14-5-2-12(3-6-14)28-20(31)29-13-4-8-17(22)16(10-13)21(23,24)25/h4,7-12,14H,2-3,5-6H2,1H3,(H,26,30)(H2,28,29,31). The summed E-state index contributed by atoms with van der Waals surface area (Å²) in [7, 11) is 1.52. The van der Waals surface area contributed by atoms with E-state index in [2.05, 4.69) is 20.9 Å². The van der Waals surface area contributed by atoms with Crippen LogP contribution in [-0.4, -0.2) is 36.1 Å². The maximum atomic E-state index is 13.0. The van der Waals surface area contributed by atoms with Crippen LogP contribution in [0.2, 0.25) is 5.02 Å². The van der Waals surface area contributed by atoms with Gasteiger partial charge in [-0.2, -0.15) is 13.2 Å². The van der Waals surface area contributed by atoms with E-state index in [1.165, 1.54) is 19.3 Å². The Bertz CT molecular complexity index is 962. The Balaban J connectivity index is 1.47. The molecule has 1 aromatic heterocycles. The quantitative estimate of drug-likeness (QED) is 0.594. The van der Waals surface area contributed by atoms with Crippen LogP contribution in [-0.2, 0) is 6.18 Å². The van der Waals surface area contributed by atoms with Crippen molar-refractivity contribution in [3.63, 3.8) is 0 Å². The van der Waals surface area contributed by atoms with Gasteiger partial charge in [0.15, 0.2) is 0 Å². The third-order valence-electron chi connectivity index (χ3n) is 5.04. The molecular weight excluding hydrogens is 449 g/mol. The van der Waals surface area contributed by atoms with Crippen LogP contribution in [0.25, 0.3) is 0 Å². The number of aromatic nitrogens is 1. The largest absolute Gasteiger partial charge is 0.489 e. The first-order chi connectivity index (χ1) is 15.2. The molecule has 32 heavy (non-hydrogen) atoms. The maximum absolute atomic E-state index is 13.0. The minimum atomic E-state index is -4.61. The van der Waals surface area contributed by atoms with Crippen LogP contribution in [0.5, 0.6) is 5.75 Å². The number of ether oxygens (including phenoxy) is 1. The van der Waals surface area contributed by atoms with Gasteiger partial charge >= 0.3 is 12.2 Å². The molecule has 1 heterocycles. The summed E-state index contributed by atoms with van der Waals surface area (Å²) < 4.78 is 44.8. The lowest BCUT2D eigenvalue weighted by atomic mass is 9.93. The normalized spacial score (nSPS) is 18.5. The minimum absolute atomic E-state index is 0.00365. The molecule has 1 aliphatic rings. The molecule has 3 rings (SSSR count). The highest BCUT2D eigenvalue weighted by atomic mass is 35.5. The van der Waals surface area contributed by atoms with Crippen molar-refractivity contribution in [2.75, 3.05) is 12.4 Å². The van der Waals surface area contributed by atoms with Crippen molar-refractivity contribution in [3.05, 3.63) is 52.8 Å². The van der Waals surface area contributed by atoms with Crippen molar-refractivity contribution < 1.29 is 27.5 Å². The van der Waals surface area contributed by atoms with E-state index in [1.807, 2.05) is 0 Å². The monoisotopic (exact) mass is 470 g/mol. The summed E-state index contributed by atoms with van der Waals surface area (Å²) in [6, 6.07) is 5.75. The van der Waals surface area contributed by atoms with Crippen LogP contribution < -0.4 is 20.7 Å². The van der Waals surface area contributed by atoms with Crippen molar-refractivity contribution in [3.8, 4) is 5.75 Å². The summed E-state index contributed by atoms with van der Waals surface area (Å²) in [5.74, 6) is 0.268. The van der Waals surface area contributed by atoms with Crippen LogP contribution in [0.3, 0.4) is 0 Å². The molecule has 1 fully saturated rings. The average Bonchev–Trinajstić information content (AvgIpc) is 2.75. The lowest BCUT2D eigenvalue weighted by molar-refractivity contribution is -0.137. The van der Waals surface area contributed by atoms with Gasteiger partial charge in [0.1, 0.15) is 11.4 Å². The number of rotatable bonds is 5. The number of anilines is 1. The highest BCUT2D eigenvalue weighted by Crippen LogP contribution is 2.36. The fraction of sp³-hybridized carbons (Fsp3) is 0.381. The molecule has 0 radical (unpaired) electrons. The van der Waals surface area contributed by atoms with E-state index in [9.17, 15) is 22.8 Å². The lowest BCUT2D eigenvalue weighted by Crippen LogP contribution is -2.41. The van der Waals surface area contributed by atoms with E-state index in [4.69, 9.17) is 16.3 Å². The second-order valence-corrected chi connectivity index (χ2v) is 7.75. The topological polar surface area (TPSA) is 92.4 Å². The lowest BCUT2D eigenvalue weighted by Gasteiger charge is -2.29. The van der Waals surface area contributed by atoms with E-state index in [0.29, 0.717) is 37.1 Å². The van der Waals surface area contributed by atoms with Crippen molar-refractivity contribution >= 4 is 29.2 Å². The molecule has 3 N–H and O–H groups in total. The molecule has 172 valence electrons. The van der Waals surface area contributed by atoms with Gasteiger partial charge in [-0.3, -0.25) is 4.79 Å². The van der Waals surface area contributed by atoms with E-state index in [1.54, 1.807) is 12.1 Å². The van der Waals surface area contributed by atoms with Gasteiger partial charge in [0, 0.05) is 18.8 Å². The van der Waals surface area contributed by atoms with Crippen molar-refractivity contribution in [2.45, 2.75) is 44.0 Å². The Morgan fingerprint density at radius 2 is 1.84 bits per heavy atom. The molecule has 0 saturated heterocycles. The zero-order valence-corrected chi connectivity index (χ0v) is 17.9. The third-order valence-corrected chi connectivity index (χ3v) is 5.37. The summed E-state index contributed by atoms with van der Waals surface area (Å²) in [4.78, 5) is 27.8. The first-order valence-electron chi connectivity index (χ1n) is 9.94. The van der Waals surface area contributed by atoms with Crippen molar-refractivity contribution in [2.24, 2.45) is 0 Å². The van der Waals surface area contributed by atoms with Gasteiger partial charge in [-0.25, -0.2) is 9.78 Å². The average molecular weight is 471 g/mol. The fourth-order valence-corrected chi connectivity index (χ4v) is 3.63. The second-order valence-electron chi connectivity index (χ2n) is 7.34. The first kappa shape index (κ1) is 23.6. The number of amides is 3. The predicted octanol–water partition coefficient (Wildman–Crippen LogP) is 4.63. The zero-order chi connectivity index (χ0) is 23.3. The summed E-state index contributed by atoms with van der Waals surface area (Å²) in [5, 5.41) is 7.25. The molecule has 0 spiro atoms. The molecule has 1 aromatic carbocycles. The molecule has 11 heteroatoms. The third kappa shape index (κ3) is 6.25. The first-order valence-corrected chi connectivity index (χ1v) is 10.3. The number of nitrogens with one attached hydrogen (secondary N) is 3. The van der Waals surface area contributed by atoms with E-state index in [-0.39, 0.29) is 23.7 Å². The minimum Gasteiger partial charge on any atom is -0.489 e. The number of hydrogen-bond acceptors (Lipinski definition) is 4. The molecule has 7 nitrogen and oxygen atoms in total. The summed E-state index contributed by atoms with van der Waals surface area (Å²) in [5.41, 5.74) is -0.710. The molecule has 2 aromatic rings. The number of alkyl halides is 3. The van der Waals surface area contributed by atoms with Crippen LogP contribution in [0.15, 0.2) is 36.5 Å². The van der Waals surface area contributed by atoms with Gasteiger partial charge in [-0.1, -0.05) is 11.6 Å². The number of pyridine rings is 1. The van der Waals surface area contributed by atoms with Crippen molar-refractivity contribution in [1.29, 1.82) is 0 Å². The van der Waals surface area contributed by atoms with E-state index in [0.717, 1.165) is 12.1 Å². The molecule has 1 aliphatic carbocycles. The summed E-state index contributed by atoms with van der Waals surface area (Å²) >= 11 is 5.59. The summed E-state index contributed by atoms with van der Waals surface area (Å²) in [6.45, 7) is 0. The molecule has 0 bridgehead atoms. The number of carbonyl (C=O) groups is 2. The molecule has 0 aliphatic heterocycles. The van der Waals surface area contributed by atoms with Gasteiger partial charge in [0.05, 0.1) is 22.9 Å². The Kier molecular flexibility index (Phi) is 7.44.